The van der Waals surface area contributed by atoms with Crippen molar-refractivity contribution < 1.29 is 17.9 Å². The summed E-state index contributed by atoms with van der Waals surface area (Å²) in [5, 5.41) is 0.560. The van der Waals surface area contributed by atoms with Crippen LogP contribution in [0.5, 0.6) is 5.75 Å². The Labute approximate surface area is 239 Å². The van der Waals surface area contributed by atoms with Crippen molar-refractivity contribution in [1.82, 2.24) is 19.3 Å². The molecule has 1 N–H and O–H groups in total. The minimum atomic E-state index is -4.09. The van der Waals surface area contributed by atoms with Crippen LogP contribution < -0.4 is 9.46 Å². The number of ether oxygens (including phenoxy) is 1. The van der Waals surface area contributed by atoms with Gasteiger partial charge in [0.25, 0.3) is 15.9 Å². The van der Waals surface area contributed by atoms with Gasteiger partial charge in [-0.2, -0.15) is 0 Å². The van der Waals surface area contributed by atoms with Gasteiger partial charge in [-0.15, -0.1) is 0 Å². The average Bonchev–Trinajstić information content (AvgIpc) is 3.27. The van der Waals surface area contributed by atoms with Crippen LogP contribution in [0.4, 0.5) is 0 Å². The summed E-state index contributed by atoms with van der Waals surface area (Å²) < 4.78 is 35.5. The predicted octanol–water partition coefficient (Wildman–Crippen LogP) is 6.16. The molecule has 0 atom stereocenters. The largest absolute Gasteiger partial charge is 0.493 e. The summed E-state index contributed by atoms with van der Waals surface area (Å²) in [4.78, 5) is 21.9. The van der Waals surface area contributed by atoms with Gasteiger partial charge < -0.3 is 9.30 Å². The summed E-state index contributed by atoms with van der Waals surface area (Å²) >= 11 is 6.63. The van der Waals surface area contributed by atoms with E-state index in [1.165, 1.54) is 50.3 Å². The van der Waals surface area contributed by atoms with E-state index in [-0.39, 0.29) is 10.6 Å². The number of carbonyl (C=O) groups excluding carboxylic acids is 1. The van der Waals surface area contributed by atoms with Crippen LogP contribution in [0.15, 0.2) is 66.1 Å². The fourth-order valence-electron chi connectivity index (χ4n) is 4.93. The molecule has 0 radical (unpaired) electrons. The van der Waals surface area contributed by atoms with E-state index >= 15 is 0 Å². The van der Waals surface area contributed by atoms with E-state index in [1.54, 1.807) is 24.3 Å². The number of nitrogens with one attached hydrogen (secondary N) is 1. The lowest BCUT2D eigenvalue weighted by atomic mass is 9.90. The van der Waals surface area contributed by atoms with Crippen molar-refractivity contribution in [1.29, 1.82) is 0 Å². The Kier molecular flexibility index (Phi) is 8.23. The van der Waals surface area contributed by atoms with E-state index in [0.717, 1.165) is 16.9 Å². The van der Waals surface area contributed by atoms with Crippen LogP contribution in [0.2, 0.25) is 5.02 Å². The number of sulfonamides is 1. The summed E-state index contributed by atoms with van der Waals surface area (Å²) in [6, 6.07) is 14.8. The standard InChI is InChI=1S/C30H31ClN4O4S/c1-3-21-9-13-25(14-10-21)40(37,38)34-30(36)28-16-15-27-29(33-28)35(20(2)32-27)18-23-11-12-24(17-26(23)31)39-19-22-7-5-4-6-8-22/h3,9-17,22H,1,4-8,18-19H2,2H3,(H,34,36). The maximum atomic E-state index is 12.9. The first kappa shape index (κ1) is 27.9. The third-order valence-electron chi connectivity index (χ3n) is 7.23. The predicted molar refractivity (Wildman–Crippen MR) is 156 cm³/mol. The van der Waals surface area contributed by atoms with Crippen LogP contribution in [0.3, 0.4) is 0 Å². The smallest absolute Gasteiger partial charge is 0.283 e. The molecule has 2 aromatic carbocycles. The highest BCUT2D eigenvalue weighted by Gasteiger charge is 2.21. The number of carbonyl (C=O) groups is 1. The highest BCUT2D eigenvalue weighted by Crippen LogP contribution is 2.28. The molecule has 1 aliphatic rings. The Balaban J connectivity index is 1.33. The average molecular weight is 579 g/mol. The number of halogens is 1. The second-order valence-corrected chi connectivity index (χ2v) is 12.2. The number of pyridine rings is 1. The molecule has 1 aliphatic carbocycles. The van der Waals surface area contributed by atoms with Crippen LogP contribution in [-0.2, 0) is 16.6 Å². The Morgan fingerprint density at radius 1 is 1.10 bits per heavy atom. The van der Waals surface area contributed by atoms with Gasteiger partial charge in [0.2, 0.25) is 0 Å². The number of rotatable bonds is 9. The molecule has 208 valence electrons. The molecule has 2 heterocycles. The number of hydrogen-bond donors (Lipinski definition) is 1. The third-order valence-corrected chi connectivity index (χ3v) is 8.93. The normalized spacial score (nSPS) is 14.2. The molecule has 1 fully saturated rings. The molecule has 0 unspecified atom stereocenters. The van der Waals surface area contributed by atoms with Gasteiger partial charge in [-0.3, -0.25) is 4.79 Å². The maximum Gasteiger partial charge on any atom is 0.283 e. The molecular weight excluding hydrogens is 548 g/mol. The van der Waals surface area contributed by atoms with Gasteiger partial charge in [0.15, 0.2) is 5.65 Å². The zero-order valence-electron chi connectivity index (χ0n) is 22.3. The molecule has 0 bridgehead atoms. The number of nitrogens with zero attached hydrogens (tertiary/aromatic N) is 3. The van der Waals surface area contributed by atoms with Crippen molar-refractivity contribution in [2.24, 2.45) is 5.92 Å². The quantitative estimate of drug-likeness (QED) is 0.255. The Bertz CT molecular complexity index is 1660. The van der Waals surface area contributed by atoms with Crippen LogP contribution in [-0.4, -0.2) is 35.5 Å². The summed E-state index contributed by atoms with van der Waals surface area (Å²) in [5.74, 6) is 1.18. The lowest BCUT2D eigenvalue weighted by Gasteiger charge is -2.21. The van der Waals surface area contributed by atoms with Crippen LogP contribution in [0, 0.1) is 12.8 Å². The van der Waals surface area contributed by atoms with Gasteiger partial charge in [0.05, 0.1) is 18.0 Å². The highest BCUT2D eigenvalue weighted by molar-refractivity contribution is 7.90. The Hall–Kier alpha value is -3.69. The van der Waals surface area contributed by atoms with Gasteiger partial charge in [0, 0.05) is 5.02 Å². The number of aromatic nitrogens is 3. The topological polar surface area (TPSA) is 103 Å². The molecule has 0 saturated heterocycles. The van der Waals surface area contributed by atoms with Gasteiger partial charge in [0.1, 0.15) is 22.8 Å². The minimum absolute atomic E-state index is 0.0331. The van der Waals surface area contributed by atoms with E-state index in [1.807, 2.05) is 29.7 Å². The number of benzene rings is 2. The fourth-order valence-corrected chi connectivity index (χ4v) is 6.12. The fraction of sp³-hybridized carbons (Fsp3) is 0.300. The first-order valence-corrected chi connectivity index (χ1v) is 15.1. The summed E-state index contributed by atoms with van der Waals surface area (Å²) in [6.07, 6.45) is 7.87. The Morgan fingerprint density at radius 2 is 1.85 bits per heavy atom. The van der Waals surface area contributed by atoms with Crippen molar-refractivity contribution >= 4 is 44.8 Å². The second-order valence-electron chi connectivity index (χ2n) is 10.1. The molecule has 5 rings (SSSR count). The van der Waals surface area contributed by atoms with Gasteiger partial charge in [-0.25, -0.2) is 23.1 Å². The SMILES string of the molecule is C=Cc1ccc(S(=O)(=O)NC(=O)c2ccc3nc(C)n(Cc4ccc(OCC5CCCCC5)cc4Cl)c3n2)cc1. The zero-order valence-corrected chi connectivity index (χ0v) is 23.8. The molecule has 1 amide bonds. The van der Waals surface area contributed by atoms with Gasteiger partial charge in [-0.1, -0.05) is 61.7 Å². The van der Waals surface area contributed by atoms with Crippen LogP contribution >= 0.6 is 11.6 Å². The van der Waals surface area contributed by atoms with Crippen molar-refractivity contribution in [2.45, 2.75) is 50.5 Å². The van der Waals surface area contributed by atoms with Gasteiger partial charge >= 0.3 is 0 Å². The van der Waals surface area contributed by atoms with E-state index in [4.69, 9.17) is 16.3 Å². The van der Waals surface area contributed by atoms with Crippen molar-refractivity contribution in [3.63, 3.8) is 0 Å². The number of fused-ring (bicyclic) bond motifs is 1. The summed E-state index contributed by atoms with van der Waals surface area (Å²) in [7, 11) is -4.09. The second kappa shape index (κ2) is 11.8. The molecule has 8 nitrogen and oxygen atoms in total. The van der Waals surface area contributed by atoms with Crippen molar-refractivity contribution in [3.8, 4) is 5.75 Å². The monoisotopic (exact) mass is 578 g/mol. The zero-order chi connectivity index (χ0) is 28.3. The minimum Gasteiger partial charge on any atom is -0.493 e. The van der Waals surface area contributed by atoms with E-state index in [2.05, 4.69) is 21.3 Å². The molecule has 10 heteroatoms. The van der Waals surface area contributed by atoms with E-state index < -0.39 is 15.9 Å². The van der Waals surface area contributed by atoms with Crippen molar-refractivity contribution in [3.05, 3.63) is 88.8 Å². The van der Waals surface area contributed by atoms with Crippen molar-refractivity contribution in [2.75, 3.05) is 6.61 Å². The Morgan fingerprint density at radius 3 is 2.55 bits per heavy atom. The highest BCUT2D eigenvalue weighted by atomic mass is 35.5. The van der Waals surface area contributed by atoms with E-state index in [9.17, 15) is 13.2 Å². The third kappa shape index (κ3) is 6.21. The molecule has 40 heavy (non-hydrogen) atoms. The first-order chi connectivity index (χ1) is 19.2. The lowest BCUT2D eigenvalue weighted by Crippen LogP contribution is -2.31. The van der Waals surface area contributed by atoms with Gasteiger partial charge in [-0.05, 0) is 73.2 Å². The van der Waals surface area contributed by atoms with E-state index in [0.29, 0.717) is 41.1 Å². The van der Waals surface area contributed by atoms with Crippen LogP contribution in [0.1, 0.15) is 59.5 Å². The maximum absolute atomic E-state index is 12.9. The summed E-state index contributed by atoms with van der Waals surface area (Å²) in [5.41, 5.74) is 2.60. The molecule has 0 aliphatic heterocycles. The number of hydrogen-bond acceptors (Lipinski definition) is 6. The first-order valence-electron chi connectivity index (χ1n) is 13.3. The number of amides is 1. The van der Waals surface area contributed by atoms with Crippen LogP contribution in [0.25, 0.3) is 17.2 Å². The lowest BCUT2D eigenvalue weighted by molar-refractivity contribution is 0.0977. The number of imidazole rings is 1. The number of aryl methyl sites for hydroxylation is 1. The summed E-state index contributed by atoms with van der Waals surface area (Å²) in [6.45, 7) is 6.57. The molecular formula is C30H31ClN4O4S. The molecule has 1 saturated carbocycles. The molecule has 4 aromatic rings. The molecule has 2 aromatic heterocycles. The molecule has 0 spiro atoms.